The topological polar surface area (TPSA) is 81.9 Å². The number of carbonyl (C=O) groups excluding carboxylic acids is 1. The third kappa shape index (κ3) is 4.99. The second kappa shape index (κ2) is 9.32. The number of rotatable bonds is 8. The van der Waals surface area contributed by atoms with Gasteiger partial charge in [0.15, 0.2) is 0 Å². The van der Waals surface area contributed by atoms with Crippen LogP contribution >= 0.6 is 0 Å². The van der Waals surface area contributed by atoms with E-state index >= 15 is 0 Å². The van der Waals surface area contributed by atoms with E-state index in [1.165, 1.54) is 5.56 Å². The van der Waals surface area contributed by atoms with Crippen molar-refractivity contribution in [2.24, 2.45) is 0 Å². The van der Waals surface area contributed by atoms with Crippen LogP contribution in [-0.4, -0.2) is 33.2 Å². The molecule has 1 unspecified atom stereocenters. The van der Waals surface area contributed by atoms with Crippen LogP contribution in [0.2, 0.25) is 0 Å². The van der Waals surface area contributed by atoms with Crippen molar-refractivity contribution in [1.29, 1.82) is 0 Å². The first kappa shape index (κ1) is 20.5. The minimum atomic E-state index is -0.561. The van der Waals surface area contributed by atoms with Gasteiger partial charge in [0.1, 0.15) is 17.6 Å². The minimum absolute atomic E-state index is 0.127. The molecule has 1 N–H and O–H groups in total. The van der Waals surface area contributed by atoms with Crippen LogP contribution < -0.4 is 10.1 Å². The number of aromatic nitrogens is 4. The first-order valence-corrected chi connectivity index (χ1v) is 9.78. The molecule has 1 aromatic heterocycles. The molecule has 2 aromatic carbocycles. The average molecular weight is 393 g/mol. The fourth-order valence-electron chi connectivity index (χ4n) is 3.27. The van der Waals surface area contributed by atoms with Crippen LogP contribution in [0.4, 0.5) is 0 Å². The van der Waals surface area contributed by atoms with Crippen LogP contribution in [0.1, 0.15) is 48.4 Å². The van der Waals surface area contributed by atoms with E-state index in [-0.39, 0.29) is 11.9 Å². The lowest BCUT2D eigenvalue weighted by Crippen LogP contribution is -2.36. The van der Waals surface area contributed by atoms with Crippen molar-refractivity contribution >= 4 is 5.91 Å². The zero-order valence-electron chi connectivity index (χ0n) is 17.3. The van der Waals surface area contributed by atoms with E-state index in [1.807, 2.05) is 31.2 Å². The van der Waals surface area contributed by atoms with E-state index in [0.717, 1.165) is 23.3 Å². The van der Waals surface area contributed by atoms with Crippen LogP contribution in [0.3, 0.4) is 0 Å². The zero-order chi connectivity index (χ0) is 20.8. The van der Waals surface area contributed by atoms with Crippen molar-refractivity contribution in [3.8, 4) is 5.75 Å². The van der Waals surface area contributed by atoms with Crippen molar-refractivity contribution in [2.75, 3.05) is 7.11 Å². The molecule has 1 amide bonds. The number of hydrogen-bond acceptors (Lipinski definition) is 5. The summed E-state index contributed by atoms with van der Waals surface area (Å²) in [5, 5.41) is 14.8. The Morgan fingerprint density at radius 3 is 2.55 bits per heavy atom. The molecule has 3 aromatic rings. The predicted molar refractivity (Wildman–Crippen MR) is 111 cm³/mol. The van der Waals surface area contributed by atoms with Gasteiger partial charge < -0.3 is 10.1 Å². The quantitative estimate of drug-likeness (QED) is 0.635. The normalized spacial score (nSPS) is 13.0. The number of nitrogens with zero attached hydrogens (tertiary/aromatic N) is 4. The third-order valence-corrected chi connectivity index (χ3v) is 5.07. The lowest BCUT2D eigenvalue weighted by atomic mass is 10.0. The number of nitrogens with one attached hydrogen (secondary N) is 1. The van der Waals surface area contributed by atoms with Gasteiger partial charge in [-0.05, 0) is 59.5 Å². The number of hydrogen-bond donors (Lipinski definition) is 1. The van der Waals surface area contributed by atoms with Crippen LogP contribution in [0.5, 0.6) is 5.75 Å². The maximum absolute atomic E-state index is 13.2. The second-order valence-corrected chi connectivity index (χ2v) is 7.07. The second-order valence-electron chi connectivity index (χ2n) is 7.07. The first-order valence-electron chi connectivity index (χ1n) is 9.78. The number of ether oxygens (including phenoxy) is 1. The summed E-state index contributed by atoms with van der Waals surface area (Å²) in [6, 6.07) is 15.3. The smallest absolute Gasteiger partial charge is 0.245 e. The van der Waals surface area contributed by atoms with Gasteiger partial charge in [0.2, 0.25) is 5.91 Å². The van der Waals surface area contributed by atoms with Crippen molar-refractivity contribution in [1.82, 2.24) is 25.5 Å². The molecule has 0 saturated carbocycles. The molecule has 29 heavy (non-hydrogen) atoms. The molecule has 0 aliphatic rings. The molecule has 0 aliphatic carbocycles. The molecule has 3 rings (SSSR count). The molecular formula is C22H27N5O2. The summed E-state index contributed by atoms with van der Waals surface area (Å²) in [7, 11) is 1.63. The molecule has 0 saturated heterocycles. The minimum Gasteiger partial charge on any atom is -0.497 e. The first-order chi connectivity index (χ1) is 14.0. The highest BCUT2D eigenvalue weighted by molar-refractivity contribution is 5.81. The van der Waals surface area contributed by atoms with Crippen LogP contribution in [-0.2, 0) is 17.6 Å². The number of tetrazole rings is 1. The summed E-state index contributed by atoms with van der Waals surface area (Å²) >= 11 is 0. The van der Waals surface area contributed by atoms with E-state index in [2.05, 4.69) is 52.0 Å². The number of benzene rings is 2. The van der Waals surface area contributed by atoms with E-state index in [4.69, 9.17) is 4.74 Å². The number of aryl methyl sites for hydroxylation is 2. The maximum Gasteiger partial charge on any atom is 0.245 e. The van der Waals surface area contributed by atoms with Crippen LogP contribution in [0.15, 0.2) is 48.5 Å². The Labute approximate surface area is 171 Å². The fraction of sp³-hybridized carbons (Fsp3) is 0.364. The maximum atomic E-state index is 13.2. The van der Waals surface area contributed by atoms with Gasteiger partial charge >= 0.3 is 0 Å². The van der Waals surface area contributed by atoms with Crippen molar-refractivity contribution in [3.05, 3.63) is 71.0 Å². The Morgan fingerprint density at radius 2 is 1.93 bits per heavy atom. The lowest BCUT2D eigenvalue weighted by molar-refractivity contribution is -0.125. The number of carbonyl (C=O) groups is 1. The summed E-state index contributed by atoms with van der Waals surface area (Å²) in [6.45, 7) is 5.89. The Bertz CT molecular complexity index is 952. The summed E-state index contributed by atoms with van der Waals surface area (Å²) < 4.78 is 6.88. The lowest BCUT2D eigenvalue weighted by Gasteiger charge is -2.21. The molecule has 2 atom stereocenters. The molecule has 7 nitrogen and oxygen atoms in total. The Hall–Kier alpha value is -3.22. The number of methoxy groups -OCH3 is 1. The summed E-state index contributed by atoms with van der Waals surface area (Å²) in [4.78, 5) is 13.2. The molecule has 152 valence electrons. The molecule has 0 radical (unpaired) electrons. The van der Waals surface area contributed by atoms with Crippen molar-refractivity contribution in [2.45, 2.75) is 45.7 Å². The monoisotopic (exact) mass is 393 g/mol. The van der Waals surface area contributed by atoms with Gasteiger partial charge in [-0.25, -0.2) is 4.68 Å². The van der Waals surface area contributed by atoms with Gasteiger partial charge in [-0.15, -0.1) is 5.10 Å². The van der Waals surface area contributed by atoms with Crippen molar-refractivity contribution in [3.63, 3.8) is 0 Å². The van der Waals surface area contributed by atoms with Gasteiger partial charge in [-0.1, -0.05) is 43.3 Å². The van der Waals surface area contributed by atoms with Crippen LogP contribution in [0, 0.1) is 6.92 Å². The predicted octanol–water partition coefficient (Wildman–Crippen LogP) is 3.21. The summed E-state index contributed by atoms with van der Waals surface area (Å²) in [5.41, 5.74) is 3.30. The van der Waals surface area contributed by atoms with Gasteiger partial charge in [0.25, 0.3) is 0 Å². The highest BCUT2D eigenvalue weighted by Crippen LogP contribution is 2.21. The largest absolute Gasteiger partial charge is 0.497 e. The fourth-order valence-corrected chi connectivity index (χ4v) is 3.27. The SMILES string of the molecule is CCc1ccc([C@@H](C)NC(=O)C(Cc2cccc(OC)c2)n2nnnc2C)cc1. The highest BCUT2D eigenvalue weighted by atomic mass is 16.5. The van der Waals surface area contributed by atoms with Crippen molar-refractivity contribution < 1.29 is 9.53 Å². The van der Waals surface area contributed by atoms with Crippen LogP contribution in [0.25, 0.3) is 0 Å². The van der Waals surface area contributed by atoms with Gasteiger partial charge in [0.05, 0.1) is 13.2 Å². The molecule has 0 fully saturated rings. The molecule has 7 heteroatoms. The van der Waals surface area contributed by atoms with E-state index < -0.39 is 6.04 Å². The van der Waals surface area contributed by atoms with E-state index in [1.54, 1.807) is 18.7 Å². The Morgan fingerprint density at radius 1 is 1.17 bits per heavy atom. The molecule has 0 aliphatic heterocycles. The molecule has 0 spiro atoms. The summed E-state index contributed by atoms with van der Waals surface area (Å²) in [5.74, 6) is 1.21. The Kier molecular flexibility index (Phi) is 6.59. The zero-order valence-corrected chi connectivity index (χ0v) is 17.3. The summed E-state index contributed by atoms with van der Waals surface area (Å²) in [6.07, 6.45) is 1.44. The van der Waals surface area contributed by atoms with Gasteiger partial charge in [-0.3, -0.25) is 4.79 Å². The Balaban J connectivity index is 1.81. The molecular weight excluding hydrogens is 366 g/mol. The number of amides is 1. The standard InChI is InChI=1S/C22H27N5O2/c1-5-17-9-11-19(12-10-17)15(2)23-22(28)21(27-16(3)24-25-26-27)14-18-7-6-8-20(13-18)29-4/h6-13,15,21H,5,14H2,1-4H3,(H,23,28)/t15-,21?/m1/s1. The van der Waals surface area contributed by atoms with E-state index in [0.29, 0.717) is 12.2 Å². The molecule has 0 bridgehead atoms. The van der Waals surface area contributed by atoms with Gasteiger partial charge in [-0.2, -0.15) is 0 Å². The molecule has 1 heterocycles. The van der Waals surface area contributed by atoms with E-state index in [9.17, 15) is 4.79 Å². The highest BCUT2D eigenvalue weighted by Gasteiger charge is 2.26. The van der Waals surface area contributed by atoms with Gasteiger partial charge in [0, 0.05) is 6.42 Å². The third-order valence-electron chi connectivity index (χ3n) is 5.07. The average Bonchev–Trinajstić information content (AvgIpc) is 3.17.